The fraction of sp³-hybridized carbons (Fsp3) is 0.429. The summed E-state index contributed by atoms with van der Waals surface area (Å²) in [5.41, 5.74) is 6.92. The van der Waals surface area contributed by atoms with Gasteiger partial charge in [-0.3, -0.25) is 9.69 Å². The number of rotatable bonds is 4. The Hall–Kier alpha value is -2.06. The Morgan fingerprint density at radius 1 is 1.63 bits per heavy atom. The lowest BCUT2D eigenvalue weighted by molar-refractivity contribution is -0.121. The van der Waals surface area contributed by atoms with E-state index in [1.54, 1.807) is 13.2 Å². The number of nitrogens with zero attached hydrogens (tertiary/aromatic N) is 2. The number of methoxy groups -OCH3 is 1. The maximum atomic E-state index is 11.1. The van der Waals surface area contributed by atoms with E-state index < -0.39 is 0 Å². The second-order valence-electron chi connectivity index (χ2n) is 4.77. The number of hydrogen-bond donors (Lipinski definition) is 1. The van der Waals surface area contributed by atoms with E-state index in [4.69, 9.17) is 15.7 Å². The number of nitriles is 1. The van der Waals surface area contributed by atoms with Crippen molar-refractivity contribution in [3.63, 3.8) is 0 Å². The average Bonchev–Trinajstić information content (AvgIpc) is 2.87. The van der Waals surface area contributed by atoms with Gasteiger partial charge in [0.25, 0.3) is 0 Å². The van der Waals surface area contributed by atoms with Crippen molar-refractivity contribution in [2.24, 2.45) is 11.7 Å². The minimum Gasteiger partial charge on any atom is -0.495 e. The van der Waals surface area contributed by atoms with Crippen LogP contribution in [0.15, 0.2) is 18.2 Å². The van der Waals surface area contributed by atoms with Crippen LogP contribution in [0.1, 0.15) is 17.5 Å². The Bertz CT molecular complexity index is 522. The van der Waals surface area contributed by atoms with Gasteiger partial charge in [0.05, 0.1) is 18.6 Å². The van der Waals surface area contributed by atoms with Crippen molar-refractivity contribution < 1.29 is 9.53 Å². The zero-order valence-corrected chi connectivity index (χ0v) is 10.9. The van der Waals surface area contributed by atoms with E-state index in [1.807, 2.05) is 12.1 Å². The van der Waals surface area contributed by atoms with E-state index in [1.165, 1.54) is 0 Å². The van der Waals surface area contributed by atoms with E-state index in [2.05, 4.69) is 11.0 Å². The summed E-state index contributed by atoms with van der Waals surface area (Å²) in [4.78, 5) is 13.3. The van der Waals surface area contributed by atoms with Crippen LogP contribution in [0.4, 0.5) is 0 Å². The molecule has 2 N–H and O–H groups in total. The Morgan fingerprint density at radius 3 is 3.00 bits per heavy atom. The summed E-state index contributed by atoms with van der Waals surface area (Å²) < 4.78 is 5.19. The molecule has 19 heavy (non-hydrogen) atoms. The lowest BCUT2D eigenvalue weighted by atomic mass is 10.1. The third-order valence-corrected chi connectivity index (χ3v) is 3.47. The number of nitrogens with two attached hydrogens (primary N) is 1. The minimum atomic E-state index is -0.222. The molecule has 0 saturated carbocycles. The maximum Gasteiger partial charge on any atom is 0.221 e. The largest absolute Gasteiger partial charge is 0.495 e. The van der Waals surface area contributed by atoms with Crippen molar-refractivity contribution in [3.8, 4) is 11.8 Å². The van der Waals surface area contributed by atoms with Gasteiger partial charge in [-0.1, -0.05) is 6.07 Å². The molecule has 0 radical (unpaired) electrons. The van der Waals surface area contributed by atoms with Gasteiger partial charge in [0, 0.05) is 13.1 Å². The molecule has 1 saturated heterocycles. The quantitative estimate of drug-likeness (QED) is 0.870. The first-order chi connectivity index (χ1) is 9.13. The molecule has 1 atom stereocenters. The lowest BCUT2D eigenvalue weighted by Gasteiger charge is -2.16. The Morgan fingerprint density at radius 2 is 2.42 bits per heavy atom. The first-order valence-corrected chi connectivity index (χ1v) is 6.22. The first-order valence-electron chi connectivity index (χ1n) is 6.22. The SMILES string of the molecule is COc1cc(CN2CCC(C(N)=O)C2)ccc1C#N. The molecule has 0 aliphatic carbocycles. The standard InChI is InChI=1S/C14H17N3O2/c1-19-13-6-10(2-3-11(13)7-15)8-17-5-4-12(9-17)14(16)18/h2-3,6,12H,4-5,8-9H2,1H3,(H2,16,18). The zero-order chi connectivity index (χ0) is 13.8. The van der Waals surface area contributed by atoms with E-state index in [0.717, 1.165) is 25.1 Å². The highest BCUT2D eigenvalue weighted by Crippen LogP contribution is 2.23. The molecule has 1 aromatic carbocycles. The monoisotopic (exact) mass is 259 g/mol. The lowest BCUT2D eigenvalue weighted by Crippen LogP contribution is -2.27. The van der Waals surface area contributed by atoms with Crippen molar-refractivity contribution in [3.05, 3.63) is 29.3 Å². The maximum absolute atomic E-state index is 11.1. The van der Waals surface area contributed by atoms with Gasteiger partial charge >= 0.3 is 0 Å². The molecule has 1 unspecified atom stereocenters. The van der Waals surface area contributed by atoms with Gasteiger partial charge in [-0.05, 0) is 30.7 Å². The number of hydrogen-bond acceptors (Lipinski definition) is 4. The summed E-state index contributed by atoms with van der Waals surface area (Å²) in [6, 6.07) is 7.64. The number of primary amides is 1. The molecule has 1 aliphatic heterocycles. The van der Waals surface area contributed by atoms with Gasteiger partial charge in [-0.15, -0.1) is 0 Å². The number of benzene rings is 1. The van der Waals surface area contributed by atoms with Crippen LogP contribution in [0.3, 0.4) is 0 Å². The smallest absolute Gasteiger partial charge is 0.221 e. The van der Waals surface area contributed by atoms with Crippen molar-refractivity contribution in [2.45, 2.75) is 13.0 Å². The molecule has 0 bridgehead atoms. The van der Waals surface area contributed by atoms with Gasteiger partial charge in [-0.25, -0.2) is 0 Å². The molecular weight excluding hydrogens is 242 g/mol. The molecule has 1 fully saturated rings. The highest BCUT2D eigenvalue weighted by Gasteiger charge is 2.26. The van der Waals surface area contributed by atoms with Crippen molar-refractivity contribution in [1.29, 1.82) is 5.26 Å². The average molecular weight is 259 g/mol. The fourth-order valence-electron chi connectivity index (χ4n) is 2.39. The van der Waals surface area contributed by atoms with Gasteiger partial charge < -0.3 is 10.5 Å². The predicted molar refractivity (Wildman–Crippen MR) is 70.3 cm³/mol. The fourth-order valence-corrected chi connectivity index (χ4v) is 2.39. The first kappa shape index (κ1) is 13.4. The molecule has 5 heteroatoms. The Labute approximate surface area is 112 Å². The second-order valence-corrected chi connectivity index (χ2v) is 4.77. The normalized spacial score (nSPS) is 19.1. The molecule has 5 nitrogen and oxygen atoms in total. The third-order valence-electron chi connectivity index (χ3n) is 3.47. The molecule has 1 aliphatic rings. The van der Waals surface area contributed by atoms with Crippen molar-refractivity contribution >= 4 is 5.91 Å². The van der Waals surface area contributed by atoms with Crippen LogP contribution in [0.25, 0.3) is 0 Å². The number of likely N-dealkylation sites (tertiary alicyclic amines) is 1. The molecule has 2 rings (SSSR count). The van der Waals surface area contributed by atoms with Crippen LogP contribution < -0.4 is 10.5 Å². The predicted octanol–water partition coefficient (Wildman–Crippen LogP) is 0.874. The zero-order valence-electron chi connectivity index (χ0n) is 10.9. The highest BCUT2D eigenvalue weighted by atomic mass is 16.5. The molecule has 1 amide bonds. The second kappa shape index (κ2) is 5.72. The third kappa shape index (κ3) is 3.04. The van der Waals surface area contributed by atoms with E-state index >= 15 is 0 Å². The highest BCUT2D eigenvalue weighted by molar-refractivity contribution is 5.77. The number of ether oxygens (including phenoxy) is 1. The van der Waals surface area contributed by atoms with Crippen LogP contribution in [0.2, 0.25) is 0 Å². The van der Waals surface area contributed by atoms with E-state index in [-0.39, 0.29) is 11.8 Å². The van der Waals surface area contributed by atoms with Gasteiger partial charge in [-0.2, -0.15) is 5.26 Å². The number of carbonyl (C=O) groups is 1. The van der Waals surface area contributed by atoms with Crippen molar-refractivity contribution in [2.75, 3.05) is 20.2 Å². The molecule has 1 heterocycles. The Kier molecular flexibility index (Phi) is 4.03. The van der Waals surface area contributed by atoms with E-state index in [9.17, 15) is 4.79 Å². The summed E-state index contributed by atoms with van der Waals surface area (Å²) in [5.74, 6) is 0.325. The van der Waals surface area contributed by atoms with Crippen molar-refractivity contribution in [1.82, 2.24) is 4.90 Å². The van der Waals surface area contributed by atoms with Crippen LogP contribution >= 0.6 is 0 Å². The molecule has 0 spiro atoms. The minimum absolute atomic E-state index is 0.0414. The van der Waals surface area contributed by atoms with Crippen LogP contribution in [-0.2, 0) is 11.3 Å². The van der Waals surface area contributed by atoms with Crippen LogP contribution in [-0.4, -0.2) is 31.0 Å². The summed E-state index contributed by atoms with van der Waals surface area (Å²) in [7, 11) is 1.55. The topological polar surface area (TPSA) is 79.3 Å². The summed E-state index contributed by atoms with van der Waals surface area (Å²) in [6.45, 7) is 2.32. The molecule has 0 aromatic heterocycles. The molecule has 1 aromatic rings. The van der Waals surface area contributed by atoms with Gasteiger partial charge in [0.1, 0.15) is 11.8 Å². The van der Waals surface area contributed by atoms with Crippen LogP contribution in [0, 0.1) is 17.2 Å². The van der Waals surface area contributed by atoms with Gasteiger partial charge in [0.15, 0.2) is 0 Å². The Balaban J connectivity index is 2.05. The van der Waals surface area contributed by atoms with Gasteiger partial charge in [0.2, 0.25) is 5.91 Å². The summed E-state index contributed by atoms with van der Waals surface area (Å²) >= 11 is 0. The number of carbonyl (C=O) groups excluding carboxylic acids is 1. The molecular formula is C14H17N3O2. The summed E-state index contributed by atoms with van der Waals surface area (Å²) in [6.07, 6.45) is 0.822. The van der Waals surface area contributed by atoms with Crippen LogP contribution in [0.5, 0.6) is 5.75 Å². The summed E-state index contributed by atoms with van der Waals surface area (Å²) in [5, 5.41) is 8.93. The number of amides is 1. The van der Waals surface area contributed by atoms with E-state index in [0.29, 0.717) is 17.9 Å². The molecule has 100 valence electrons.